The number of carbonyl (C=O) groups is 1. The number of hydrogen-bond donors (Lipinski definition) is 1. The Morgan fingerprint density at radius 3 is 2.72 bits per heavy atom. The van der Waals surface area contributed by atoms with Crippen molar-refractivity contribution in [2.24, 2.45) is 5.92 Å². The number of ether oxygens (including phenoxy) is 1. The first-order valence-corrected chi connectivity index (χ1v) is 6.15. The summed E-state index contributed by atoms with van der Waals surface area (Å²) in [6, 6.07) is 6.48. The lowest BCUT2D eigenvalue weighted by Crippen LogP contribution is -2.41. The summed E-state index contributed by atoms with van der Waals surface area (Å²) in [5, 5.41) is 2.83. The van der Waals surface area contributed by atoms with Crippen LogP contribution in [0.1, 0.15) is 25.3 Å². The molecule has 1 saturated carbocycles. The molecule has 98 valence electrons. The molecule has 1 aliphatic carbocycles. The monoisotopic (exact) mass is 251 g/mol. The van der Waals surface area contributed by atoms with Crippen molar-refractivity contribution < 1.29 is 13.9 Å². The van der Waals surface area contributed by atoms with Crippen LogP contribution < -0.4 is 5.32 Å². The van der Waals surface area contributed by atoms with Gasteiger partial charge in [0.15, 0.2) is 0 Å². The molecule has 1 aromatic rings. The van der Waals surface area contributed by atoms with E-state index in [-0.39, 0.29) is 24.2 Å². The first-order valence-electron chi connectivity index (χ1n) is 6.15. The molecule has 2 rings (SSSR count). The summed E-state index contributed by atoms with van der Waals surface area (Å²) in [7, 11) is 1.52. The van der Waals surface area contributed by atoms with Crippen molar-refractivity contribution in [3.63, 3.8) is 0 Å². The van der Waals surface area contributed by atoms with Gasteiger partial charge in [0.2, 0.25) is 5.91 Å². The maximum Gasteiger partial charge on any atom is 0.223 e. The Morgan fingerprint density at radius 2 is 2.17 bits per heavy atom. The van der Waals surface area contributed by atoms with Gasteiger partial charge in [-0.2, -0.15) is 0 Å². The highest BCUT2D eigenvalue weighted by molar-refractivity contribution is 5.80. The van der Waals surface area contributed by atoms with Crippen molar-refractivity contribution in [1.82, 2.24) is 5.32 Å². The zero-order chi connectivity index (χ0) is 13.2. The van der Waals surface area contributed by atoms with Crippen molar-refractivity contribution in [1.29, 1.82) is 0 Å². The van der Waals surface area contributed by atoms with Gasteiger partial charge in [-0.25, -0.2) is 4.39 Å². The quantitative estimate of drug-likeness (QED) is 0.871. The van der Waals surface area contributed by atoms with Gasteiger partial charge in [-0.1, -0.05) is 18.2 Å². The summed E-state index contributed by atoms with van der Waals surface area (Å²) < 4.78 is 19.2. The van der Waals surface area contributed by atoms with Crippen LogP contribution in [0.2, 0.25) is 0 Å². The van der Waals surface area contributed by atoms with Crippen molar-refractivity contribution in [3.8, 4) is 0 Å². The Labute approximate surface area is 106 Å². The molecule has 1 N–H and O–H groups in total. The predicted molar refractivity (Wildman–Crippen MR) is 66.5 cm³/mol. The molecular weight excluding hydrogens is 233 g/mol. The second-order valence-corrected chi connectivity index (χ2v) is 4.91. The van der Waals surface area contributed by atoms with Gasteiger partial charge in [-0.15, -0.1) is 0 Å². The van der Waals surface area contributed by atoms with E-state index < -0.39 is 5.60 Å². The summed E-state index contributed by atoms with van der Waals surface area (Å²) in [5.74, 6) is -0.135. The SMILES string of the molecule is CO[C@@](C)(CNC(=O)C1CC1)c1ccccc1F. The Bertz CT molecular complexity index is 445. The summed E-state index contributed by atoms with van der Waals surface area (Å²) >= 11 is 0. The topological polar surface area (TPSA) is 38.3 Å². The molecule has 0 heterocycles. The summed E-state index contributed by atoms with van der Waals surface area (Å²) in [4.78, 5) is 11.6. The van der Waals surface area contributed by atoms with E-state index in [4.69, 9.17) is 4.74 Å². The second-order valence-electron chi connectivity index (χ2n) is 4.91. The third-order valence-electron chi connectivity index (χ3n) is 3.44. The lowest BCUT2D eigenvalue weighted by molar-refractivity contribution is -0.123. The number of carbonyl (C=O) groups excluding carboxylic acids is 1. The summed E-state index contributed by atoms with van der Waals surface area (Å²) in [6.07, 6.45) is 1.91. The molecule has 1 aliphatic rings. The van der Waals surface area contributed by atoms with Crippen molar-refractivity contribution in [2.75, 3.05) is 13.7 Å². The molecule has 1 atom stereocenters. The summed E-state index contributed by atoms with van der Waals surface area (Å²) in [5.41, 5.74) is -0.376. The molecule has 0 spiro atoms. The fourth-order valence-electron chi connectivity index (χ4n) is 1.91. The minimum absolute atomic E-state index is 0.0367. The molecule has 4 heteroatoms. The lowest BCUT2D eigenvalue weighted by atomic mass is 9.95. The van der Waals surface area contributed by atoms with Crippen LogP contribution in [-0.4, -0.2) is 19.6 Å². The second kappa shape index (κ2) is 5.06. The molecule has 0 aromatic heterocycles. The van der Waals surface area contributed by atoms with Crippen molar-refractivity contribution in [3.05, 3.63) is 35.6 Å². The standard InChI is InChI=1S/C14H18FNO2/c1-14(18-2,9-16-13(17)10-7-8-10)11-5-3-4-6-12(11)15/h3-6,10H,7-9H2,1-2H3,(H,16,17)/t14-/m0/s1. The Hall–Kier alpha value is -1.42. The Balaban J connectivity index is 2.09. The first-order chi connectivity index (χ1) is 8.57. The fourth-order valence-corrected chi connectivity index (χ4v) is 1.91. The Kier molecular flexibility index (Phi) is 3.66. The van der Waals surface area contributed by atoms with Gasteiger partial charge < -0.3 is 10.1 Å². The van der Waals surface area contributed by atoms with E-state index in [1.807, 2.05) is 0 Å². The van der Waals surface area contributed by atoms with Gasteiger partial charge in [0.1, 0.15) is 11.4 Å². The van der Waals surface area contributed by atoms with E-state index in [9.17, 15) is 9.18 Å². The molecular formula is C14H18FNO2. The van der Waals surface area contributed by atoms with Crippen LogP contribution in [-0.2, 0) is 15.1 Å². The first kappa shape index (κ1) is 13.0. The lowest BCUT2D eigenvalue weighted by Gasteiger charge is -2.29. The molecule has 0 unspecified atom stereocenters. The minimum atomic E-state index is -0.837. The molecule has 0 aliphatic heterocycles. The van der Waals surface area contributed by atoms with Crippen LogP contribution in [0.25, 0.3) is 0 Å². The average Bonchev–Trinajstić information content (AvgIpc) is 3.20. The largest absolute Gasteiger partial charge is 0.372 e. The zero-order valence-corrected chi connectivity index (χ0v) is 10.7. The van der Waals surface area contributed by atoms with Gasteiger partial charge in [0.25, 0.3) is 0 Å². The smallest absolute Gasteiger partial charge is 0.223 e. The van der Waals surface area contributed by atoms with Crippen LogP contribution in [0.5, 0.6) is 0 Å². The molecule has 18 heavy (non-hydrogen) atoms. The Morgan fingerprint density at radius 1 is 1.50 bits per heavy atom. The number of rotatable bonds is 5. The molecule has 3 nitrogen and oxygen atoms in total. The normalized spacial score (nSPS) is 18.2. The number of amides is 1. The maximum atomic E-state index is 13.8. The van der Waals surface area contributed by atoms with E-state index in [0.717, 1.165) is 12.8 Å². The predicted octanol–water partition coefficient (Wildman–Crippen LogP) is 2.21. The number of benzene rings is 1. The van der Waals surface area contributed by atoms with Gasteiger partial charge >= 0.3 is 0 Å². The number of methoxy groups -OCH3 is 1. The molecule has 1 aromatic carbocycles. The third kappa shape index (κ3) is 2.70. The van der Waals surface area contributed by atoms with Crippen LogP contribution >= 0.6 is 0 Å². The van der Waals surface area contributed by atoms with Gasteiger partial charge in [0.05, 0.1) is 6.54 Å². The molecule has 0 radical (unpaired) electrons. The van der Waals surface area contributed by atoms with Crippen molar-refractivity contribution >= 4 is 5.91 Å². The molecule has 0 bridgehead atoms. The average molecular weight is 251 g/mol. The van der Waals surface area contributed by atoms with Gasteiger partial charge in [-0.3, -0.25) is 4.79 Å². The summed E-state index contributed by atoms with van der Waals surface area (Å²) in [6.45, 7) is 2.05. The van der Waals surface area contributed by atoms with Crippen LogP contribution in [0, 0.1) is 11.7 Å². The fraction of sp³-hybridized carbons (Fsp3) is 0.500. The third-order valence-corrected chi connectivity index (χ3v) is 3.44. The van der Waals surface area contributed by atoms with Gasteiger partial charge in [-0.05, 0) is 25.8 Å². The zero-order valence-electron chi connectivity index (χ0n) is 10.7. The molecule has 1 fully saturated rings. The molecule has 1 amide bonds. The number of halogens is 1. The van der Waals surface area contributed by atoms with E-state index in [0.29, 0.717) is 5.56 Å². The highest BCUT2D eigenvalue weighted by Crippen LogP contribution is 2.30. The van der Waals surface area contributed by atoms with Crippen LogP contribution in [0.3, 0.4) is 0 Å². The van der Waals surface area contributed by atoms with Gasteiger partial charge in [0, 0.05) is 18.6 Å². The van der Waals surface area contributed by atoms with Crippen LogP contribution in [0.4, 0.5) is 4.39 Å². The number of hydrogen-bond acceptors (Lipinski definition) is 2. The molecule has 0 saturated heterocycles. The van der Waals surface area contributed by atoms with Crippen molar-refractivity contribution in [2.45, 2.75) is 25.4 Å². The highest BCUT2D eigenvalue weighted by Gasteiger charge is 2.33. The van der Waals surface area contributed by atoms with E-state index >= 15 is 0 Å². The van der Waals surface area contributed by atoms with E-state index in [2.05, 4.69) is 5.32 Å². The van der Waals surface area contributed by atoms with E-state index in [1.54, 1.807) is 25.1 Å². The van der Waals surface area contributed by atoms with Crippen LogP contribution in [0.15, 0.2) is 24.3 Å². The number of nitrogens with one attached hydrogen (secondary N) is 1. The highest BCUT2D eigenvalue weighted by atomic mass is 19.1. The minimum Gasteiger partial charge on any atom is -0.372 e. The maximum absolute atomic E-state index is 13.8. The van der Waals surface area contributed by atoms with E-state index in [1.165, 1.54) is 13.2 Å².